The van der Waals surface area contributed by atoms with Gasteiger partial charge in [-0.3, -0.25) is 0 Å². The summed E-state index contributed by atoms with van der Waals surface area (Å²) in [4.78, 5) is 9.44. The minimum atomic E-state index is 0.167. The van der Waals surface area contributed by atoms with E-state index in [1.54, 1.807) is 0 Å². The molecule has 1 rings (SSSR count). The van der Waals surface area contributed by atoms with Gasteiger partial charge in [-0.05, 0) is 27.9 Å². The van der Waals surface area contributed by atoms with E-state index in [0.717, 1.165) is 0 Å². The van der Waals surface area contributed by atoms with Gasteiger partial charge in [-0.15, -0.1) is 0 Å². The maximum absolute atomic E-state index is 9.44. The number of hydrogen-bond donors (Lipinski definition) is 1. The first kappa shape index (κ1) is 19.4. The second-order valence-electron chi connectivity index (χ2n) is 2.56. The summed E-state index contributed by atoms with van der Waals surface area (Å²) in [7, 11) is 3.75. The van der Waals surface area contributed by atoms with Crippen LogP contribution >= 0.6 is 0 Å². The van der Waals surface area contributed by atoms with Gasteiger partial charge in [0, 0.05) is 0 Å². The molecule has 1 N–H and O–H groups in total. The van der Waals surface area contributed by atoms with E-state index < -0.39 is 0 Å². The quantitative estimate of drug-likeness (QED) is 0.714. The highest BCUT2D eigenvalue weighted by atomic mass is 16.1. The molecule has 2 nitrogen and oxygen atoms in total. The maximum Gasteiger partial charge on any atom is 0.126 e. The van der Waals surface area contributed by atoms with Crippen LogP contribution in [0.25, 0.3) is 0 Å². The number of hydrogen-bond acceptors (Lipinski definition) is 2. The molecule has 1 aromatic rings. The van der Waals surface area contributed by atoms with Crippen molar-refractivity contribution < 1.29 is 4.79 Å². The molecule has 0 bridgehead atoms. The van der Waals surface area contributed by atoms with E-state index in [4.69, 9.17) is 0 Å². The van der Waals surface area contributed by atoms with E-state index in [2.05, 4.69) is 5.32 Å². The van der Waals surface area contributed by atoms with Gasteiger partial charge in [0.05, 0.1) is 0 Å². The van der Waals surface area contributed by atoms with Crippen LogP contribution in [0, 0.1) is 0 Å². The molecule has 0 unspecified atom stereocenters. The van der Waals surface area contributed by atoms with E-state index in [9.17, 15) is 4.79 Å². The summed E-state index contributed by atoms with van der Waals surface area (Å²) in [6.45, 7) is 7.06. The molecule has 0 spiro atoms. The zero-order valence-corrected chi connectivity index (χ0v) is 10.9. The monoisotopic (exact) mass is 211 g/mol. The summed E-state index contributed by atoms with van der Waals surface area (Å²) < 4.78 is 0. The van der Waals surface area contributed by atoms with Crippen molar-refractivity contribution in [3.63, 3.8) is 0 Å². The third-order valence-corrected chi connectivity index (χ3v) is 0.667. The van der Waals surface area contributed by atoms with Crippen molar-refractivity contribution in [3.8, 4) is 0 Å². The van der Waals surface area contributed by atoms with Crippen LogP contribution in [0.5, 0.6) is 0 Å². The largest absolute Gasteiger partial charge is 0.323 e. The van der Waals surface area contributed by atoms with Crippen molar-refractivity contribution in [2.75, 3.05) is 14.1 Å². The van der Waals surface area contributed by atoms with Crippen LogP contribution in [0.4, 0.5) is 0 Å². The Bertz CT molecular complexity index is 154. The Labute approximate surface area is 94.7 Å². The predicted octanol–water partition coefficient (Wildman–Crippen LogP) is 3.14. The molecule has 0 aliphatic rings. The van der Waals surface area contributed by atoms with Gasteiger partial charge in [-0.1, -0.05) is 50.2 Å². The standard InChI is InChI=1S/C6H6.C3H6O.C2H7N.C2H6/c1-2-4-6-5-3-1;1-3(2)4;1-3-2;1-2/h1-6H;1-2H3;3H,1-2H3;1-2H3. The fraction of sp³-hybridized carbons (Fsp3) is 0.462. The SMILES string of the molecule is CC.CC(C)=O.CNC.c1ccccc1. The van der Waals surface area contributed by atoms with Gasteiger partial charge in [0.2, 0.25) is 0 Å². The van der Waals surface area contributed by atoms with Gasteiger partial charge >= 0.3 is 0 Å². The Morgan fingerprint density at radius 3 is 0.933 bits per heavy atom. The van der Waals surface area contributed by atoms with Crippen molar-refractivity contribution in [2.45, 2.75) is 27.7 Å². The number of Topliss-reactive ketones (excluding diaryl/α,β-unsaturated/α-hetero) is 1. The molecule has 0 radical (unpaired) electrons. The van der Waals surface area contributed by atoms with Crippen molar-refractivity contribution in [2.24, 2.45) is 0 Å². The first-order chi connectivity index (χ1) is 7.15. The Hall–Kier alpha value is -1.15. The molecule has 0 heterocycles. The molecule has 0 saturated carbocycles. The number of carbonyl (C=O) groups excluding carboxylic acids is 1. The zero-order chi connectivity index (χ0) is 12.5. The van der Waals surface area contributed by atoms with Crippen molar-refractivity contribution in [1.82, 2.24) is 5.32 Å². The highest BCUT2D eigenvalue weighted by Crippen LogP contribution is 1.79. The van der Waals surface area contributed by atoms with E-state index in [-0.39, 0.29) is 5.78 Å². The second-order valence-corrected chi connectivity index (χ2v) is 2.56. The molecular weight excluding hydrogens is 186 g/mol. The van der Waals surface area contributed by atoms with Crippen molar-refractivity contribution in [1.29, 1.82) is 0 Å². The first-order valence-electron chi connectivity index (χ1n) is 5.20. The Kier molecular flexibility index (Phi) is 29.8. The van der Waals surface area contributed by atoms with Gasteiger partial charge in [0.15, 0.2) is 0 Å². The van der Waals surface area contributed by atoms with Crippen molar-refractivity contribution >= 4 is 5.78 Å². The fourth-order valence-electron chi connectivity index (χ4n) is 0.385. The minimum absolute atomic E-state index is 0.167. The number of benzene rings is 1. The number of nitrogens with one attached hydrogen (secondary N) is 1. The normalized spacial score (nSPS) is 6.53. The van der Waals surface area contributed by atoms with Crippen LogP contribution in [0.15, 0.2) is 36.4 Å². The Balaban J connectivity index is -0.000000142. The molecule has 0 atom stereocenters. The highest BCUT2D eigenvalue weighted by Gasteiger charge is 1.62. The number of ketones is 1. The van der Waals surface area contributed by atoms with Crippen LogP contribution in [0.1, 0.15) is 27.7 Å². The number of rotatable bonds is 0. The lowest BCUT2D eigenvalue weighted by atomic mass is 10.4. The fourth-order valence-corrected chi connectivity index (χ4v) is 0.385. The number of carbonyl (C=O) groups is 1. The third kappa shape index (κ3) is 64.3. The van der Waals surface area contributed by atoms with Crippen LogP contribution in [-0.2, 0) is 4.79 Å². The lowest BCUT2D eigenvalue weighted by molar-refractivity contribution is -0.114. The molecule has 0 amide bonds. The zero-order valence-electron chi connectivity index (χ0n) is 10.9. The van der Waals surface area contributed by atoms with Crippen molar-refractivity contribution in [3.05, 3.63) is 36.4 Å². The lowest BCUT2D eigenvalue weighted by Gasteiger charge is -1.69. The maximum atomic E-state index is 9.44. The van der Waals surface area contributed by atoms with Crippen LogP contribution in [0.2, 0.25) is 0 Å². The van der Waals surface area contributed by atoms with E-state index in [1.165, 1.54) is 13.8 Å². The second kappa shape index (κ2) is 23.0. The van der Waals surface area contributed by atoms with Gasteiger partial charge in [0.1, 0.15) is 5.78 Å². The minimum Gasteiger partial charge on any atom is -0.323 e. The van der Waals surface area contributed by atoms with Gasteiger partial charge in [-0.25, -0.2) is 0 Å². The average Bonchev–Trinajstić information content (AvgIpc) is 2.24. The molecular formula is C13H25NO. The molecule has 0 aliphatic heterocycles. The Morgan fingerprint density at radius 1 is 0.800 bits per heavy atom. The molecule has 15 heavy (non-hydrogen) atoms. The molecule has 2 heteroatoms. The van der Waals surface area contributed by atoms with Crippen LogP contribution in [0.3, 0.4) is 0 Å². The summed E-state index contributed by atoms with van der Waals surface area (Å²) in [6, 6.07) is 12.0. The molecule has 0 fully saturated rings. The predicted molar refractivity (Wildman–Crippen MR) is 69.1 cm³/mol. The van der Waals surface area contributed by atoms with Gasteiger partial charge < -0.3 is 10.1 Å². The summed E-state index contributed by atoms with van der Waals surface area (Å²) in [5, 5.41) is 2.75. The smallest absolute Gasteiger partial charge is 0.126 e. The summed E-state index contributed by atoms with van der Waals surface area (Å²) in [5.74, 6) is 0.167. The first-order valence-corrected chi connectivity index (χ1v) is 5.20. The van der Waals surface area contributed by atoms with Gasteiger partial charge in [0.25, 0.3) is 0 Å². The molecule has 0 aliphatic carbocycles. The van der Waals surface area contributed by atoms with E-state index in [0.29, 0.717) is 0 Å². The third-order valence-electron chi connectivity index (χ3n) is 0.667. The van der Waals surface area contributed by atoms with Crippen LogP contribution in [-0.4, -0.2) is 19.9 Å². The Morgan fingerprint density at radius 2 is 0.867 bits per heavy atom. The van der Waals surface area contributed by atoms with E-state index in [1.807, 2.05) is 64.3 Å². The molecule has 0 aromatic heterocycles. The molecule has 1 aromatic carbocycles. The topological polar surface area (TPSA) is 29.1 Å². The van der Waals surface area contributed by atoms with Gasteiger partial charge in [-0.2, -0.15) is 0 Å². The summed E-state index contributed by atoms with van der Waals surface area (Å²) in [6.07, 6.45) is 0. The van der Waals surface area contributed by atoms with E-state index >= 15 is 0 Å². The lowest BCUT2D eigenvalue weighted by Crippen LogP contribution is -1.89. The summed E-state index contributed by atoms with van der Waals surface area (Å²) >= 11 is 0. The van der Waals surface area contributed by atoms with Crippen LogP contribution < -0.4 is 5.32 Å². The molecule has 88 valence electrons. The molecule has 0 saturated heterocycles. The highest BCUT2D eigenvalue weighted by molar-refractivity contribution is 5.72. The average molecular weight is 211 g/mol. The summed E-state index contributed by atoms with van der Waals surface area (Å²) in [5.41, 5.74) is 0.